The molecule has 0 heterocycles. The van der Waals surface area contributed by atoms with Crippen LogP contribution in [0.25, 0.3) is 0 Å². The zero-order valence-corrected chi connectivity index (χ0v) is 21.2. The van der Waals surface area contributed by atoms with Crippen molar-refractivity contribution in [2.45, 2.75) is 36.1 Å². The van der Waals surface area contributed by atoms with E-state index in [1.54, 1.807) is 24.3 Å². The zero-order valence-electron chi connectivity index (χ0n) is 19.6. The van der Waals surface area contributed by atoms with Crippen molar-refractivity contribution in [1.29, 1.82) is 0 Å². The Bertz CT molecular complexity index is 1390. The molecule has 0 spiro atoms. The number of anilines is 1. The van der Waals surface area contributed by atoms with Crippen molar-refractivity contribution in [3.05, 3.63) is 89.7 Å². The third kappa shape index (κ3) is 6.46. The number of sulfone groups is 1. The monoisotopic (exact) mass is 518 g/mol. The van der Waals surface area contributed by atoms with Crippen LogP contribution in [-0.2, 0) is 24.7 Å². The second kappa shape index (κ2) is 10.6. The van der Waals surface area contributed by atoms with Gasteiger partial charge in [-0.05, 0) is 67.4 Å². The second-order valence-corrected chi connectivity index (χ2v) is 12.0. The van der Waals surface area contributed by atoms with E-state index in [9.17, 15) is 26.0 Å². The van der Waals surface area contributed by atoms with E-state index in [0.29, 0.717) is 12.0 Å². The van der Waals surface area contributed by atoms with Crippen LogP contribution < -0.4 is 9.62 Å². The van der Waals surface area contributed by atoms with Crippen molar-refractivity contribution in [1.82, 2.24) is 5.32 Å². The highest BCUT2D eigenvalue weighted by molar-refractivity contribution is 7.93. The second-order valence-electron chi connectivity index (χ2n) is 8.17. The van der Waals surface area contributed by atoms with E-state index in [1.807, 2.05) is 13.8 Å². The number of nitrogens with one attached hydrogen (secondary N) is 1. The van der Waals surface area contributed by atoms with Crippen LogP contribution in [0.3, 0.4) is 0 Å². The molecule has 0 saturated heterocycles. The number of sulfonamides is 1. The summed E-state index contributed by atoms with van der Waals surface area (Å²) in [6.45, 7) is 3.14. The Kier molecular flexibility index (Phi) is 7.97. The molecule has 0 aliphatic carbocycles. The predicted molar refractivity (Wildman–Crippen MR) is 133 cm³/mol. The van der Waals surface area contributed by atoms with E-state index < -0.39 is 44.2 Å². The molecule has 0 aliphatic rings. The first-order valence-electron chi connectivity index (χ1n) is 10.9. The van der Waals surface area contributed by atoms with E-state index in [0.717, 1.165) is 28.3 Å². The lowest BCUT2D eigenvalue weighted by Crippen LogP contribution is -2.42. The summed E-state index contributed by atoms with van der Waals surface area (Å²) >= 11 is 0. The Morgan fingerprint density at radius 2 is 1.43 bits per heavy atom. The Labute approximate surface area is 205 Å². The summed E-state index contributed by atoms with van der Waals surface area (Å²) < 4.78 is 64.7. The quantitative estimate of drug-likeness (QED) is 0.462. The fraction of sp³-hybridized carbons (Fsp3) is 0.240. The molecule has 3 rings (SSSR count). The minimum atomic E-state index is -4.12. The maximum Gasteiger partial charge on any atom is 0.264 e. The van der Waals surface area contributed by atoms with Crippen LogP contribution in [0, 0.1) is 12.7 Å². The first-order chi connectivity index (χ1) is 16.4. The summed E-state index contributed by atoms with van der Waals surface area (Å²) in [6.07, 6.45) is 1.60. The summed E-state index contributed by atoms with van der Waals surface area (Å²) in [7, 11) is -7.48. The lowest BCUT2D eigenvalue weighted by atomic mass is 10.0. The lowest BCUT2D eigenvalue weighted by molar-refractivity contribution is -0.120. The summed E-state index contributed by atoms with van der Waals surface area (Å²) in [5.41, 5.74) is 1.71. The highest BCUT2D eigenvalue weighted by Gasteiger charge is 2.28. The van der Waals surface area contributed by atoms with Crippen LogP contribution in [0.1, 0.15) is 30.5 Å². The van der Waals surface area contributed by atoms with Crippen LogP contribution in [-0.4, -0.2) is 35.5 Å². The summed E-state index contributed by atoms with van der Waals surface area (Å²) in [5, 5.41) is 2.82. The smallest absolute Gasteiger partial charge is 0.264 e. The van der Waals surface area contributed by atoms with Crippen molar-refractivity contribution in [3.63, 3.8) is 0 Å². The molecule has 1 N–H and O–H groups in total. The molecule has 1 unspecified atom stereocenters. The number of carbonyl (C=O) groups excluding carboxylic acids is 1. The van der Waals surface area contributed by atoms with Crippen LogP contribution in [0.4, 0.5) is 10.1 Å². The molecule has 3 aromatic rings. The van der Waals surface area contributed by atoms with E-state index in [4.69, 9.17) is 0 Å². The number of carbonyl (C=O) groups is 1. The Hall–Kier alpha value is -3.24. The van der Waals surface area contributed by atoms with Gasteiger partial charge in [-0.2, -0.15) is 0 Å². The number of rotatable bonds is 9. The van der Waals surface area contributed by atoms with Gasteiger partial charge < -0.3 is 5.32 Å². The van der Waals surface area contributed by atoms with Gasteiger partial charge in [0.15, 0.2) is 9.84 Å². The molecule has 1 atom stereocenters. The summed E-state index contributed by atoms with van der Waals surface area (Å²) in [4.78, 5) is 13.2. The van der Waals surface area contributed by atoms with Crippen molar-refractivity contribution < 1.29 is 26.0 Å². The Balaban J connectivity index is 1.88. The molecule has 0 radical (unpaired) electrons. The van der Waals surface area contributed by atoms with Crippen LogP contribution >= 0.6 is 0 Å². The number of halogens is 1. The zero-order chi connectivity index (χ0) is 25.8. The molecule has 186 valence electrons. The highest BCUT2D eigenvalue weighted by atomic mass is 32.2. The van der Waals surface area contributed by atoms with Crippen molar-refractivity contribution in [2.75, 3.05) is 17.1 Å². The molecule has 0 bridgehead atoms. The van der Waals surface area contributed by atoms with Crippen molar-refractivity contribution >= 4 is 31.5 Å². The molecule has 7 nitrogen and oxygen atoms in total. The van der Waals surface area contributed by atoms with Gasteiger partial charge in [-0.3, -0.25) is 9.10 Å². The van der Waals surface area contributed by atoms with E-state index in [-0.39, 0.29) is 15.5 Å². The molecule has 0 aromatic heterocycles. The maximum atomic E-state index is 13.5. The van der Waals surface area contributed by atoms with Gasteiger partial charge in [-0.15, -0.1) is 0 Å². The first-order valence-corrected chi connectivity index (χ1v) is 14.2. The molecule has 1 amide bonds. The largest absolute Gasteiger partial charge is 0.348 e. The molecule has 0 aliphatic heterocycles. The number of amides is 1. The van der Waals surface area contributed by atoms with Gasteiger partial charge in [0.05, 0.1) is 21.5 Å². The van der Waals surface area contributed by atoms with Gasteiger partial charge in [0.1, 0.15) is 12.4 Å². The van der Waals surface area contributed by atoms with Crippen molar-refractivity contribution in [3.8, 4) is 0 Å². The van der Waals surface area contributed by atoms with Gasteiger partial charge in [0.2, 0.25) is 5.91 Å². The summed E-state index contributed by atoms with van der Waals surface area (Å²) in [6, 6.07) is 16.8. The molecular weight excluding hydrogens is 491 g/mol. The number of hydrogen-bond acceptors (Lipinski definition) is 5. The third-order valence-electron chi connectivity index (χ3n) is 5.46. The number of hydrogen-bond donors (Lipinski definition) is 1. The molecule has 35 heavy (non-hydrogen) atoms. The van der Waals surface area contributed by atoms with Crippen LogP contribution in [0.2, 0.25) is 0 Å². The predicted octanol–water partition coefficient (Wildman–Crippen LogP) is 4.00. The standard InChI is InChI=1S/C25H27FN2O5S2/c1-4-24(19-7-15-22(16-8-19)34(3,30)31)27-25(29)17-28(21-11-9-20(26)10-12-21)35(32,33)23-13-5-18(2)6-14-23/h5-16,24H,4,17H2,1-3H3,(H,27,29). The van der Waals surface area contributed by atoms with Crippen LogP contribution in [0.5, 0.6) is 0 Å². The van der Waals surface area contributed by atoms with Gasteiger partial charge in [0.25, 0.3) is 10.0 Å². The van der Waals surface area contributed by atoms with Crippen molar-refractivity contribution in [2.24, 2.45) is 0 Å². The van der Waals surface area contributed by atoms with E-state index >= 15 is 0 Å². The minimum absolute atomic E-state index is 0.00336. The Morgan fingerprint density at radius 1 is 0.886 bits per heavy atom. The fourth-order valence-corrected chi connectivity index (χ4v) is 5.55. The van der Waals surface area contributed by atoms with Gasteiger partial charge >= 0.3 is 0 Å². The molecule has 3 aromatic carbocycles. The normalized spacial score (nSPS) is 12.7. The third-order valence-corrected chi connectivity index (χ3v) is 8.38. The average Bonchev–Trinajstić information content (AvgIpc) is 2.81. The van der Waals surface area contributed by atoms with Gasteiger partial charge in [-0.1, -0.05) is 36.8 Å². The number of aryl methyl sites for hydroxylation is 1. The fourth-order valence-electron chi connectivity index (χ4n) is 3.50. The number of benzene rings is 3. The molecule has 0 fully saturated rings. The van der Waals surface area contributed by atoms with Gasteiger partial charge in [0, 0.05) is 6.26 Å². The minimum Gasteiger partial charge on any atom is -0.348 e. The molecular formula is C25H27FN2O5S2. The molecule has 0 saturated carbocycles. The topological polar surface area (TPSA) is 101 Å². The summed E-state index contributed by atoms with van der Waals surface area (Å²) in [5.74, 6) is -1.10. The van der Waals surface area contributed by atoms with Crippen LogP contribution in [0.15, 0.2) is 82.6 Å². The van der Waals surface area contributed by atoms with E-state index in [2.05, 4.69) is 5.32 Å². The molecule has 10 heteroatoms. The Morgan fingerprint density at radius 3 is 1.94 bits per heavy atom. The number of nitrogens with zero attached hydrogens (tertiary/aromatic N) is 1. The maximum absolute atomic E-state index is 13.5. The highest BCUT2D eigenvalue weighted by Crippen LogP contribution is 2.25. The average molecular weight is 519 g/mol. The first kappa shape index (κ1) is 26.4. The van der Waals surface area contributed by atoms with E-state index in [1.165, 1.54) is 36.4 Å². The SMILES string of the molecule is CCC(NC(=O)CN(c1ccc(F)cc1)S(=O)(=O)c1ccc(C)cc1)c1ccc(S(C)(=O)=O)cc1. The lowest BCUT2D eigenvalue weighted by Gasteiger charge is -2.26. The van der Waals surface area contributed by atoms with Gasteiger partial charge in [-0.25, -0.2) is 21.2 Å².